The Labute approximate surface area is 268 Å². The number of carbonyl (C=O) groups is 6. The van der Waals surface area contributed by atoms with E-state index in [0.29, 0.717) is 11.5 Å². The first kappa shape index (κ1) is 39.1. The van der Waals surface area contributed by atoms with Gasteiger partial charge in [0.15, 0.2) is 0 Å². The van der Waals surface area contributed by atoms with E-state index in [2.05, 4.69) is 10.6 Å². The van der Waals surface area contributed by atoms with Crippen molar-refractivity contribution in [2.45, 2.75) is 105 Å². The summed E-state index contributed by atoms with van der Waals surface area (Å²) in [6, 6.07) is -2.75. The van der Waals surface area contributed by atoms with E-state index in [1.54, 1.807) is 41.5 Å². The van der Waals surface area contributed by atoms with Gasteiger partial charge in [-0.05, 0) is 77.3 Å². The van der Waals surface area contributed by atoms with E-state index >= 15 is 0 Å². The molecule has 2 saturated heterocycles. The van der Waals surface area contributed by atoms with Crippen LogP contribution in [0.4, 0.5) is 9.59 Å². The Hall–Kier alpha value is -2.88. The van der Waals surface area contributed by atoms with Crippen LogP contribution in [0, 0.1) is 11.8 Å². The van der Waals surface area contributed by atoms with Gasteiger partial charge in [0.2, 0.25) is 0 Å². The molecule has 252 valence electrons. The van der Waals surface area contributed by atoms with Crippen LogP contribution in [-0.4, -0.2) is 106 Å². The molecule has 0 aromatic heterocycles. The second-order valence-electron chi connectivity index (χ2n) is 12.7. The van der Waals surface area contributed by atoms with Crippen LogP contribution in [0.5, 0.6) is 0 Å². The first-order valence-electron chi connectivity index (χ1n) is 14.2. The molecule has 0 spiro atoms. The lowest BCUT2D eigenvalue weighted by molar-refractivity contribution is -0.150. The summed E-state index contributed by atoms with van der Waals surface area (Å²) in [6.45, 7) is 17.8. The van der Waals surface area contributed by atoms with E-state index < -0.39 is 59.5 Å². The molecule has 14 nitrogen and oxygen atoms in total. The van der Waals surface area contributed by atoms with Gasteiger partial charge in [-0.15, -0.1) is 0 Å². The van der Waals surface area contributed by atoms with Crippen molar-refractivity contribution in [2.75, 3.05) is 25.7 Å². The molecule has 2 heterocycles. The van der Waals surface area contributed by atoms with Gasteiger partial charge in [-0.1, -0.05) is 27.7 Å². The molecule has 0 saturated carbocycles. The summed E-state index contributed by atoms with van der Waals surface area (Å²) in [5, 5.41) is 5.08. The number of ether oxygens (including phenoxy) is 4. The van der Waals surface area contributed by atoms with Crippen LogP contribution in [0.3, 0.4) is 0 Å². The summed E-state index contributed by atoms with van der Waals surface area (Å²) in [4.78, 5) is 72.0. The van der Waals surface area contributed by atoms with Gasteiger partial charge in [0, 0.05) is 11.5 Å². The Morgan fingerprint density at radius 2 is 0.977 bits per heavy atom. The second kappa shape index (κ2) is 16.4. The molecule has 4 amide bonds. The molecule has 0 unspecified atom stereocenters. The fraction of sp³-hybridized carbons (Fsp3) is 0.786. The molecule has 16 heteroatoms. The van der Waals surface area contributed by atoms with Crippen LogP contribution in [-0.2, 0) is 38.1 Å². The molecule has 2 aliphatic heterocycles. The van der Waals surface area contributed by atoms with Crippen LogP contribution in [0.1, 0.15) is 69.2 Å². The molecule has 0 aromatic carbocycles. The maximum atomic E-state index is 12.4. The molecule has 0 radical (unpaired) electrons. The summed E-state index contributed by atoms with van der Waals surface area (Å²) in [7, 11) is 2.58. The Balaban J connectivity index is 0.000000440. The number of nitrogens with one attached hydrogen (secondary N) is 2. The van der Waals surface area contributed by atoms with Crippen LogP contribution in [0.2, 0.25) is 0 Å². The Bertz CT molecular complexity index is 976. The highest BCUT2D eigenvalue weighted by Gasteiger charge is 2.44. The molecule has 44 heavy (non-hydrogen) atoms. The molecular formula is C28H48N4O10S2. The van der Waals surface area contributed by atoms with E-state index in [1.807, 2.05) is 27.7 Å². The van der Waals surface area contributed by atoms with Crippen molar-refractivity contribution in [1.82, 2.24) is 19.2 Å². The lowest BCUT2D eigenvalue weighted by atomic mass is 10.0. The number of esters is 2. The topological polar surface area (TPSA) is 170 Å². The lowest BCUT2D eigenvalue weighted by Crippen LogP contribution is -2.49. The van der Waals surface area contributed by atoms with Crippen LogP contribution in [0.15, 0.2) is 0 Å². The molecule has 2 aliphatic rings. The molecule has 0 bridgehead atoms. The van der Waals surface area contributed by atoms with Crippen LogP contribution in [0.25, 0.3) is 0 Å². The molecule has 2 rings (SSSR count). The van der Waals surface area contributed by atoms with Gasteiger partial charge in [0.1, 0.15) is 35.4 Å². The molecular weight excluding hydrogens is 616 g/mol. The standard InChI is InChI=1S/2C14H24N2O5S/c2*1-8(2)10(12(18)20-6)16-11(17)9(7-22-16)15-13(19)21-14(3,4)5/h2*8-10H,7H2,1-6H3,(H,15,19)/t2*9-,10-/m00/s1. The number of amides is 4. The maximum Gasteiger partial charge on any atom is 0.408 e. The third-order valence-corrected chi connectivity index (χ3v) is 8.16. The Morgan fingerprint density at radius 3 is 1.20 bits per heavy atom. The second-order valence-corrected chi connectivity index (χ2v) is 14.7. The zero-order valence-corrected chi connectivity index (χ0v) is 29.3. The average Bonchev–Trinajstić information content (AvgIpc) is 3.39. The van der Waals surface area contributed by atoms with E-state index in [9.17, 15) is 28.8 Å². The van der Waals surface area contributed by atoms with Crippen molar-refractivity contribution < 1.29 is 47.7 Å². The number of rotatable bonds is 8. The van der Waals surface area contributed by atoms with Crippen LogP contribution >= 0.6 is 23.9 Å². The molecule has 2 N–H and O–H groups in total. The normalized spacial score (nSPS) is 20.0. The van der Waals surface area contributed by atoms with Crippen molar-refractivity contribution >= 4 is 59.8 Å². The number of hydrogen-bond donors (Lipinski definition) is 2. The summed E-state index contributed by atoms with van der Waals surface area (Å²) in [6.07, 6.45) is -1.29. The molecule has 2 fully saturated rings. The lowest BCUT2D eigenvalue weighted by Gasteiger charge is -2.27. The predicted molar refractivity (Wildman–Crippen MR) is 166 cm³/mol. The monoisotopic (exact) mass is 664 g/mol. The molecule has 0 aliphatic carbocycles. The predicted octanol–water partition coefficient (Wildman–Crippen LogP) is 3.14. The fourth-order valence-corrected chi connectivity index (χ4v) is 6.51. The minimum atomic E-state index is -0.703. The van der Waals surface area contributed by atoms with Gasteiger partial charge in [-0.25, -0.2) is 19.2 Å². The van der Waals surface area contributed by atoms with E-state index in [1.165, 1.54) is 46.7 Å². The van der Waals surface area contributed by atoms with E-state index in [4.69, 9.17) is 18.9 Å². The van der Waals surface area contributed by atoms with Gasteiger partial charge in [-0.3, -0.25) is 18.2 Å². The van der Waals surface area contributed by atoms with E-state index in [-0.39, 0.29) is 23.7 Å². The first-order chi connectivity index (χ1) is 20.1. The van der Waals surface area contributed by atoms with Crippen molar-refractivity contribution in [2.24, 2.45) is 11.8 Å². The summed E-state index contributed by atoms with van der Waals surface area (Å²) in [5.41, 5.74) is -1.27. The van der Waals surface area contributed by atoms with Gasteiger partial charge < -0.3 is 29.6 Å². The van der Waals surface area contributed by atoms with Gasteiger partial charge in [0.25, 0.3) is 11.8 Å². The van der Waals surface area contributed by atoms with Crippen molar-refractivity contribution in [3.05, 3.63) is 0 Å². The average molecular weight is 665 g/mol. The molecule has 0 aromatic rings. The van der Waals surface area contributed by atoms with Gasteiger partial charge in [-0.2, -0.15) is 0 Å². The first-order valence-corrected chi connectivity index (χ1v) is 16.1. The quantitative estimate of drug-likeness (QED) is 0.221. The number of alkyl carbamates (subject to hydrolysis) is 2. The summed E-state index contributed by atoms with van der Waals surface area (Å²) in [5.74, 6) is -1.04. The third-order valence-electron chi connectivity index (χ3n) is 5.83. The van der Waals surface area contributed by atoms with Crippen LogP contribution < -0.4 is 10.6 Å². The highest BCUT2D eigenvalue weighted by Crippen LogP contribution is 2.30. The Morgan fingerprint density at radius 1 is 0.682 bits per heavy atom. The van der Waals surface area contributed by atoms with Crippen molar-refractivity contribution in [1.29, 1.82) is 0 Å². The van der Waals surface area contributed by atoms with Gasteiger partial charge >= 0.3 is 24.1 Å². The largest absolute Gasteiger partial charge is 0.467 e. The fourth-order valence-electron chi connectivity index (χ4n) is 3.95. The maximum absolute atomic E-state index is 12.4. The summed E-state index contributed by atoms with van der Waals surface area (Å²) >= 11 is 2.42. The number of hydrogen-bond acceptors (Lipinski definition) is 12. The Kier molecular flexibility index (Phi) is 14.6. The van der Waals surface area contributed by atoms with Crippen molar-refractivity contribution in [3.63, 3.8) is 0 Å². The smallest absolute Gasteiger partial charge is 0.408 e. The van der Waals surface area contributed by atoms with Gasteiger partial charge in [0.05, 0.1) is 14.2 Å². The minimum absolute atomic E-state index is 0.0934. The van der Waals surface area contributed by atoms with E-state index in [0.717, 1.165) is 0 Å². The zero-order valence-electron chi connectivity index (χ0n) is 27.7. The SMILES string of the molecule is COC(=O)[C@H](C(C)C)N1SC[C@H](NC(=O)OC(C)(C)C)C1=O.COC(=O)[C@H](C(C)C)N1SC[C@H](NC(=O)OC(C)(C)C)C1=O. The highest BCUT2D eigenvalue weighted by atomic mass is 32.2. The minimum Gasteiger partial charge on any atom is -0.467 e. The zero-order chi connectivity index (χ0) is 34.2. The summed E-state index contributed by atoms with van der Waals surface area (Å²) < 4.78 is 22.6. The van der Waals surface area contributed by atoms with Crippen molar-refractivity contribution in [3.8, 4) is 0 Å². The molecule has 4 atom stereocenters. The number of nitrogens with zero attached hydrogens (tertiary/aromatic N) is 2. The number of methoxy groups -OCH3 is 2. The third kappa shape index (κ3) is 11.9. The number of carbonyl (C=O) groups excluding carboxylic acids is 6. The highest BCUT2D eigenvalue weighted by molar-refractivity contribution is 7.98.